The van der Waals surface area contributed by atoms with Crippen LogP contribution in [-0.4, -0.2) is 37.2 Å². The highest BCUT2D eigenvalue weighted by Crippen LogP contribution is 2.05. The van der Waals surface area contributed by atoms with Gasteiger partial charge in [-0.3, -0.25) is 4.79 Å². The average molecular weight is 263 g/mol. The van der Waals surface area contributed by atoms with Crippen LogP contribution in [0.2, 0.25) is 0 Å². The lowest BCUT2D eigenvalue weighted by Crippen LogP contribution is -2.40. The van der Waals surface area contributed by atoms with Crippen LogP contribution in [0.4, 0.5) is 0 Å². The molecule has 1 aromatic heterocycles. The van der Waals surface area contributed by atoms with Crippen molar-refractivity contribution in [2.45, 2.75) is 18.8 Å². The summed E-state index contributed by atoms with van der Waals surface area (Å²) in [5, 5.41) is 12.5. The van der Waals surface area contributed by atoms with Crippen molar-refractivity contribution in [1.29, 1.82) is 0 Å². The molecule has 0 aliphatic rings. The average Bonchev–Trinajstić information content (AvgIpc) is 2.59. The standard InChI is InChI=1S/C8H13N3O5S/c1-5-2-6(11-16-5)4-17(14,15)10-3-7(12)8(9)13/h2,7,10,12H,3-4H2,1H3,(H2,9,13). The Hall–Kier alpha value is -1.45. The van der Waals surface area contributed by atoms with E-state index in [-0.39, 0.29) is 5.69 Å². The summed E-state index contributed by atoms with van der Waals surface area (Å²) in [6.07, 6.45) is -1.55. The van der Waals surface area contributed by atoms with Gasteiger partial charge in [0.2, 0.25) is 15.9 Å². The molecule has 0 saturated heterocycles. The van der Waals surface area contributed by atoms with E-state index in [0.29, 0.717) is 5.76 Å². The van der Waals surface area contributed by atoms with Gasteiger partial charge in [-0.25, -0.2) is 13.1 Å². The number of hydrogen-bond acceptors (Lipinski definition) is 6. The summed E-state index contributed by atoms with van der Waals surface area (Å²) in [6.45, 7) is 1.17. The number of aryl methyl sites for hydroxylation is 1. The van der Waals surface area contributed by atoms with Crippen molar-refractivity contribution in [3.63, 3.8) is 0 Å². The van der Waals surface area contributed by atoms with Gasteiger partial charge in [0.1, 0.15) is 23.3 Å². The Bertz CT molecular complexity index is 495. The number of carbonyl (C=O) groups is 1. The molecule has 1 unspecified atom stereocenters. The molecular weight excluding hydrogens is 250 g/mol. The van der Waals surface area contributed by atoms with Gasteiger partial charge in [-0.05, 0) is 6.92 Å². The Morgan fingerprint density at radius 2 is 2.35 bits per heavy atom. The van der Waals surface area contributed by atoms with E-state index in [2.05, 4.69) is 5.16 Å². The predicted molar refractivity (Wildman–Crippen MR) is 57.1 cm³/mol. The number of nitrogens with zero attached hydrogens (tertiary/aromatic N) is 1. The van der Waals surface area contributed by atoms with Crippen LogP contribution in [0.15, 0.2) is 10.6 Å². The van der Waals surface area contributed by atoms with Crippen molar-refractivity contribution in [2.75, 3.05) is 6.54 Å². The zero-order valence-corrected chi connectivity index (χ0v) is 9.90. The minimum Gasteiger partial charge on any atom is -0.382 e. The number of amides is 1. The van der Waals surface area contributed by atoms with Crippen molar-refractivity contribution >= 4 is 15.9 Å². The van der Waals surface area contributed by atoms with Crippen molar-refractivity contribution in [2.24, 2.45) is 5.73 Å². The second kappa shape index (κ2) is 5.25. The van der Waals surface area contributed by atoms with Crippen molar-refractivity contribution in [3.8, 4) is 0 Å². The molecule has 0 saturated carbocycles. The summed E-state index contributed by atoms with van der Waals surface area (Å²) in [4.78, 5) is 10.5. The van der Waals surface area contributed by atoms with Crippen LogP contribution in [0.5, 0.6) is 0 Å². The smallest absolute Gasteiger partial charge is 0.247 e. The van der Waals surface area contributed by atoms with E-state index < -0.39 is 34.3 Å². The van der Waals surface area contributed by atoms with E-state index >= 15 is 0 Å². The summed E-state index contributed by atoms with van der Waals surface area (Å²) < 4.78 is 29.7. The Labute approximate surface area is 97.8 Å². The molecule has 0 aromatic carbocycles. The first kappa shape index (κ1) is 13.6. The predicted octanol–water partition coefficient (Wildman–Crippen LogP) is -1.75. The first-order valence-electron chi connectivity index (χ1n) is 4.67. The van der Waals surface area contributed by atoms with Crippen LogP contribution in [0, 0.1) is 6.92 Å². The van der Waals surface area contributed by atoms with Gasteiger partial charge < -0.3 is 15.4 Å². The molecule has 1 amide bonds. The Morgan fingerprint density at radius 3 is 2.82 bits per heavy atom. The van der Waals surface area contributed by atoms with E-state index in [1.165, 1.54) is 6.07 Å². The first-order chi connectivity index (χ1) is 7.80. The van der Waals surface area contributed by atoms with Crippen LogP contribution < -0.4 is 10.5 Å². The molecule has 0 aliphatic carbocycles. The molecule has 0 radical (unpaired) electrons. The molecule has 96 valence electrons. The highest BCUT2D eigenvalue weighted by atomic mass is 32.2. The SMILES string of the molecule is Cc1cc(CS(=O)(=O)NCC(O)C(N)=O)no1. The Balaban J connectivity index is 2.55. The van der Waals surface area contributed by atoms with Crippen LogP contribution in [0.1, 0.15) is 11.5 Å². The highest BCUT2D eigenvalue weighted by Gasteiger charge is 2.18. The van der Waals surface area contributed by atoms with E-state index in [4.69, 9.17) is 15.4 Å². The van der Waals surface area contributed by atoms with Gasteiger partial charge in [0.25, 0.3) is 0 Å². The summed E-state index contributed by atoms with van der Waals surface area (Å²) in [6, 6.07) is 1.48. The molecule has 8 nitrogen and oxygen atoms in total. The number of primary amides is 1. The third kappa shape index (κ3) is 4.51. The lowest BCUT2D eigenvalue weighted by molar-refractivity contribution is -0.125. The molecule has 1 aromatic rings. The molecule has 4 N–H and O–H groups in total. The summed E-state index contributed by atoms with van der Waals surface area (Å²) in [5.74, 6) is -0.895. The molecule has 0 bridgehead atoms. The number of sulfonamides is 1. The van der Waals surface area contributed by atoms with E-state index in [1.807, 2.05) is 4.72 Å². The van der Waals surface area contributed by atoms with E-state index in [9.17, 15) is 13.2 Å². The molecule has 0 spiro atoms. The molecule has 1 atom stereocenters. The largest absolute Gasteiger partial charge is 0.382 e. The van der Waals surface area contributed by atoms with Gasteiger partial charge in [-0.1, -0.05) is 5.16 Å². The number of nitrogens with two attached hydrogens (primary N) is 1. The van der Waals surface area contributed by atoms with Crippen LogP contribution >= 0.6 is 0 Å². The van der Waals surface area contributed by atoms with Crippen molar-refractivity contribution < 1.29 is 22.8 Å². The number of carbonyl (C=O) groups excluding carboxylic acids is 1. The summed E-state index contributed by atoms with van der Waals surface area (Å²) in [7, 11) is -3.69. The number of nitrogens with one attached hydrogen (secondary N) is 1. The molecule has 9 heteroatoms. The summed E-state index contributed by atoms with van der Waals surface area (Å²) in [5.41, 5.74) is 5.01. The minimum atomic E-state index is -3.69. The summed E-state index contributed by atoms with van der Waals surface area (Å²) >= 11 is 0. The number of rotatable bonds is 6. The van der Waals surface area contributed by atoms with E-state index in [0.717, 1.165) is 0 Å². The zero-order valence-electron chi connectivity index (χ0n) is 9.08. The fourth-order valence-corrected chi connectivity index (χ4v) is 2.08. The third-order valence-corrected chi connectivity index (χ3v) is 3.12. The van der Waals surface area contributed by atoms with Crippen LogP contribution in [-0.2, 0) is 20.6 Å². The van der Waals surface area contributed by atoms with Gasteiger partial charge >= 0.3 is 0 Å². The van der Waals surface area contributed by atoms with Gasteiger partial charge in [0, 0.05) is 12.6 Å². The normalized spacial score (nSPS) is 13.5. The van der Waals surface area contributed by atoms with Crippen LogP contribution in [0.3, 0.4) is 0 Å². The molecule has 0 aliphatic heterocycles. The third-order valence-electron chi connectivity index (χ3n) is 1.84. The van der Waals surface area contributed by atoms with E-state index in [1.54, 1.807) is 6.92 Å². The molecule has 1 heterocycles. The number of aliphatic hydroxyl groups excluding tert-OH is 1. The fourth-order valence-electron chi connectivity index (χ4n) is 1.04. The topological polar surface area (TPSA) is 136 Å². The van der Waals surface area contributed by atoms with Gasteiger partial charge in [0.05, 0.1) is 0 Å². The second-order valence-corrected chi connectivity index (χ2v) is 5.26. The number of aromatic nitrogens is 1. The maximum atomic E-state index is 11.5. The first-order valence-corrected chi connectivity index (χ1v) is 6.32. The monoisotopic (exact) mass is 263 g/mol. The minimum absolute atomic E-state index is 0.239. The number of hydrogen-bond donors (Lipinski definition) is 3. The van der Waals surface area contributed by atoms with Crippen molar-refractivity contribution in [1.82, 2.24) is 9.88 Å². The van der Waals surface area contributed by atoms with Crippen LogP contribution in [0.25, 0.3) is 0 Å². The highest BCUT2D eigenvalue weighted by molar-refractivity contribution is 7.88. The lowest BCUT2D eigenvalue weighted by atomic mass is 10.3. The lowest BCUT2D eigenvalue weighted by Gasteiger charge is -2.07. The molecule has 17 heavy (non-hydrogen) atoms. The van der Waals surface area contributed by atoms with Gasteiger partial charge in [-0.15, -0.1) is 0 Å². The quantitative estimate of drug-likeness (QED) is 0.556. The zero-order chi connectivity index (χ0) is 13.1. The van der Waals surface area contributed by atoms with Gasteiger partial charge in [-0.2, -0.15) is 0 Å². The maximum absolute atomic E-state index is 11.5. The second-order valence-electron chi connectivity index (χ2n) is 3.45. The maximum Gasteiger partial charge on any atom is 0.247 e. The molecule has 1 rings (SSSR count). The molecule has 0 fully saturated rings. The molecular formula is C8H13N3O5S. The number of aliphatic hydroxyl groups is 1. The Morgan fingerprint density at radius 1 is 1.71 bits per heavy atom. The van der Waals surface area contributed by atoms with Crippen molar-refractivity contribution in [3.05, 3.63) is 17.5 Å². The Kier molecular flexibility index (Phi) is 4.21. The fraction of sp³-hybridized carbons (Fsp3) is 0.500. The van der Waals surface area contributed by atoms with Gasteiger partial charge in [0.15, 0.2) is 0 Å².